The standard InChI is InChI=1S/C9H11FN2O.C7H14/c1-12-9(13)7-3-2-6(5-11)4-8(7)10;1-2-4-6-7-5-3-1/h2-4H,5,11H2,1H3,(H,12,13);1-7H2. The summed E-state index contributed by atoms with van der Waals surface area (Å²) >= 11 is 0. The Bertz CT molecular complexity index is 401. The molecule has 1 aromatic carbocycles. The number of hydrogen-bond donors (Lipinski definition) is 2. The summed E-state index contributed by atoms with van der Waals surface area (Å²) in [7, 11) is 1.46. The molecular weight excluding hydrogens is 255 g/mol. The Hall–Kier alpha value is -1.42. The fourth-order valence-electron chi connectivity index (χ4n) is 2.24. The van der Waals surface area contributed by atoms with Gasteiger partial charge in [0, 0.05) is 13.6 Å². The molecule has 0 aromatic heterocycles. The lowest BCUT2D eigenvalue weighted by Crippen LogP contribution is -2.19. The van der Waals surface area contributed by atoms with E-state index in [-0.39, 0.29) is 12.1 Å². The monoisotopic (exact) mass is 280 g/mol. The minimum Gasteiger partial charge on any atom is -0.355 e. The maximum absolute atomic E-state index is 13.2. The lowest BCUT2D eigenvalue weighted by molar-refractivity contribution is 0.0959. The van der Waals surface area contributed by atoms with Gasteiger partial charge in [0.15, 0.2) is 0 Å². The molecule has 3 nitrogen and oxygen atoms in total. The van der Waals surface area contributed by atoms with E-state index < -0.39 is 11.7 Å². The Balaban J connectivity index is 0.000000240. The van der Waals surface area contributed by atoms with E-state index in [1.54, 1.807) is 6.07 Å². The quantitative estimate of drug-likeness (QED) is 0.816. The Kier molecular flexibility index (Phi) is 7.88. The van der Waals surface area contributed by atoms with Crippen LogP contribution in [0.5, 0.6) is 0 Å². The number of benzene rings is 1. The minimum atomic E-state index is -0.540. The van der Waals surface area contributed by atoms with E-state index in [0.29, 0.717) is 5.56 Å². The van der Waals surface area contributed by atoms with Gasteiger partial charge in [-0.15, -0.1) is 0 Å². The van der Waals surface area contributed by atoms with Crippen LogP contribution >= 0.6 is 0 Å². The molecule has 1 saturated carbocycles. The molecule has 0 atom stereocenters. The van der Waals surface area contributed by atoms with Gasteiger partial charge in [0.25, 0.3) is 5.91 Å². The average Bonchev–Trinajstić information content (AvgIpc) is 2.79. The number of nitrogens with one attached hydrogen (secondary N) is 1. The molecule has 1 aromatic rings. The van der Waals surface area contributed by atoms with Crippen LogP contribution in [0.15, 0.2) is 18.2 Å². The van der Waals surface area contributed by atoms with Gasteiger partial charge >= 0.3 is 0 Å². The van der Waals surface area contributed by atoms with Crippen LogP contribution in [0.4, 0.5) is 4.39 Å². The molecule has 0 unspecified atom stereocenters. The van der Waals surface area contributed by atoms with Gasteiger partial charge in [-0.3, -0.25) is 4.79 Å². The first kappa shape index (κ1) is 16.6. The van der Waals surface area contributed by atoms with Gasteiger partial charge in [-0.05, 0) is 17.7 Å². The zero-order chi connectivity index (χ0) is 14.8. The summed E-state index contributed by atoms with van der Waals surface area (Å²) in [5, 5.41) is 2.35. The minimum absolute atomic E-state index is 0.0414. The number of carbonyl (C=O) groups is 1. The van der Waals surface area contributed by atoms with Crippen molar-refractivity contribution in [1.82, 2.24) is 5.32 Å². The van der Waals surface area contributed by atoms with Gasteiger partial charge in [0.2, 0.25) is 0 Å². The van der Waals surface area contributed by atoms with E-state index in [1.807, 2.05) is 0 Å². The third kappa shape index (κ3) is 5.70. The highest BCUT2D eigenvalue weighted by Crippen LogP contribution is 2.15. The smallest absolute Gasteiger partial charge is 0.253 e. The summed E-state index contributed by atoms with van der Waals surface area (Å²) in [6, 6.07) is 4.33. The van der Waals surface area contributed by atoms with Crippen molar-refractivity contribution in [2.24, 2.45) is 5.73 Å². The van der Waals surface area contributed by atoms with Gasteiger partial charge in [-0.25, -0.2) is 4.39 Å². The molecule has 1 aliphatic rings. The molecule has 4 heteroatoms. The number of amides is 1. The van der Waals surface area contributed by atoms with Crippen LogP contribution in [-0.4, -0.2) is 13.0 Å². The van der Waals surface area contributed by atoms with Crippen molar-refractivity contribution < 1.29 is 9.18 Å². The van der Waals surface area contributed by atoms with Crippen LogP contribution in [0.2, 0.25) is 0 Å². The number of carbonyl (C=O) groups excluding carboxylic acids is 1. The third-order valence-corrected chi connectivity index (χ3v) is 3.49. The predicted molar refractivity (Wildman–Crippen MR) is 80.0 cm³/mol. The summed E-state index contributed by atoms with van der Waals surface area (Å²) in [5.74, 6) is -0.969. The zero-order valence-corrected chi connectivity index (χ0v) is 12.3. The summed E-state index contributed by atoms with van der Waals surface area (Å²) < 4.78 is 13.2. The van der Waals surface area contributed by atoms with Crippen molar-refractivity contribution in [2.75, 3.05) is 7.05 Å². The Labute approximate surface area is 120 Å². The Morgan fingerprint density at radius 2 is 1.65 bits per heavy atom. The predicted octanol–water partition coefficient (Wildman–Crippen LogP) is 3.37. The molecule has 1 fully saturated rings. The number of halogens is 1. The molecule has 0 bridgehead atoms. The maximum atomic E-state index is 13.2. The molecule has 20 heavy (non-hydrogen) atoms. The van der Waals surface area contributed by atoms with Crippen LogP contribution in [0.1, 0.15) is 60.9 Å². The Morgan fingerprint density at radius 3 is 2.00 bits per heavy atom. The molecule has 0 heterocycles. The third-order valence-electron chi connectivity index (χ3n) is 3.49. The highest BCUT2D eigenvalue weighted by molar-refractivity contribution is 5.94. The van der Waals surface area contributed by atoms with Crippen LogP contribution in [0, 0.1) is 5.82 Å². The first-order valence-electron chi connectivity index (χ1n) is 7.39. The first-order valence-corrected chi connectivity index (χ1v) is 7.39. The Morgan fingerprint density at radius 1 is 1.15 bits per heavy atom. The zero-order valence-electron chi connectivity index (χ0n) is 12.3. The van der Waals surface area contributed by atoms with Gasteiger partial charge < -0.3 is 11.1 Å². The van der Waals surface area contributed by atoms with Gasteiger partial charge in [-0.2, -0.15) is 0 Å². The van der Waals surface area contributed by atoms with Gasteiger partial charge in [0.1, 0.15) is 5.82 Å². The molecule has 0 saturated heterocycles. The molecule has 2 rings (SSSR count). The lowest BCUT2D eigenvalue weighted by Gasteiger charge is -2.02. The number of rotatable bonds is 2. The van der Waals surface area contributed by atoms with Crippen molar-refractivity contribution in [3.05, 3.63) is 35.1 Å². The van der Waals surface area contributed by atoms with E-state index in [0.717, 1.165) is 0 Å². The molecular formula is C16H25FN2O. The summed E-state index contributed by atoms with van der Waals surface area (Å²) in [5.41, 5.74) is 6.02. The first-order chi connectivity index (χ1) is 9.69. The molecule has 0 aliphatic heterocycles. The largest absolute Gasteiger partial charge is 0.355 e. The topological polar surface area (TPSA) is 55.1 Å². The number of nitrogens with two attached hydrogens (primary N) is 1. The average molecular weight is 280 g/mol. The van der Waals surface area contributed by atoms with E-state index in [1.165, 1.54) is 64.1 Å². The summed E-state index contributed by atoms with van der Waals surface area (Å²) in [6.45, 7) is 0.269. The summed E-state index contributed by atoms with van der Waals surface area (Å²) in [4.78, 5) is 11.1. The van der Waals surface area contributed by atoms with Crippen molar-refractivity contribution >= 4 is 5.91 Å². The summed E-state index contributed by atoms with van der Waals surface area (Å²) in [6.07, 6.45) is 10.5. The SMILES string of the molecule is C1CCCCCC1.CNC(=O)c1ccc(CN)cc1F. The van der Waals surface area contributed by atoms with Crippen molar-refractivity contribution in [3.63, 3.8) is 0 Å². The van der Waals surface area contributed by atoms with Gasteiger partial charge in [-0.1, -0.05) is 51.0 Å². The fourth-order valence-corrected chi connectivity index (χ4v) is 2.24. The fraction of sp³-hybridized carbons (Fsp3) is 0.562. The molecule has 0 spiro atoms. The molecule has 112 valence electrons. The second kappa shape index (κ2) is 9.48. The van der Waals surface area contributed by atoms with Crippen molar-refractivity contribution in [1.29, 1.82) is 0 Å². The molecule has 1 aliphatic carbocycles. The number of hydrogen-bond acceptors (Lipinski definition) is 2. The molecule has 0 radical (unpaired) electrons. The lowest BCUT2D eigenvalue weighted by atomic mass is 10.1. The van der Waals surface area contributed by atoms with Crippen LogP contribution in [0.25, 0.3) is 0 Å². The molecule has 3 N–H and O–H groups in total. The van der Waals surface area contributed by atoms with Gasteiger partial charge in [0.05, 0.1) is 5.56 Å². The van der Waals surface area contributed by atoms with E-state index in [2.05, 4.69) is 5.32 Å². The van der Waals surface area contributed by atoms with Crippen LogP contribution < -0.4 is 11.1 Å². The van der Waals surface area contributed by atoms with E-state index >= 15 is 0 Å². The van der Waals surface area contributed by atoms with Crippen molar-refractivity contribution in [3.8, 4) is 0 Å². The maximum Gasteiger partial charge on any atom is 0.253 e. The van der Waals surface area contributed by atoms with E-state index in [9.17, 15) is 9.18 Å². The van der Waals surface area contributed by atoms with Crippen LogP contribution in [0.3, 0.4) is 0 Å². The second-order valence-electron chi connectivity index (χ2n) is 5.07. The second-order valence-corrected chi connectivity index (χ2v) is 5.07. The highest BCUT2D eigenvalue weighted by Gasteiger charge is 2.09. The van der Waals surface area contributed by atoms with Crippen molar-refractivity contribution in [2.45, 2.75) is 51.5 Å². The van der Waals surface area contributed by atoms with Crippen LogP contribution in [-0.2, 0) is 6.54 Å². The normalized spacial score (nSPS) is 14.8. The molecule has 1 amide bonds. The highest BCUT2D eigenvalue weighted by atomic mass is 19.1. The van der Waals surface area contributed by atoms with E-state index in [4.69, 9.17) is 5.73 Å².